The molecule has 3 N–H and O–H groups in total. The predicted octanol–water partition coefficient (Wildman–Crippen LogP) is 3.34. The van der Waals surface area contributed by atoms with Crippen LogP contribution in [0.2, 0.25) is 0 Å². The second-order valence-electron chi connectivity index (χ2n) is 6.30. The van der Waals surface area contributed by atoms with E-state index in [0.717, 1.165) is 36.3 Å². The fourth-order valence-corrected chi connectivity index (χ4v) is 2.97. The molecule has 2 rings (SSSR count). The molecular formula is C17H29N3O. The zero-order valence-electron chi connectivity index (χ0n) is 13.6. The maximum absolute atomic E-state index is 5.94. The van der Waals surface area contributed by atoms with Crippen LogP contribution in [-0.2, 0) is 0 Å². The summed E-state index contributed by atoms with van der Waals surface area (Å²) < 4.78 is 5.71. The molecule has 118 valence electrons. The molecule has 0 heterocycles. The summed E-state index contributed by atoms with van der Waals surface area (Å²) in [5.74, 6) is 0.830. The van der Waals surface area contributed by atoms with Gasteiger partial charge in [-0.05, 0) is 39.8 Å². The largest absolute Gasteiger partial charge is 0.491 e. The molecule has 1 aliphatic rings. The van der Waals surface area contributed by atoms with Crippen LogP contribution in [0.5, 0.6) is 5.75 Å². The fourth-order valence-electron chi connectivity index (χ4n) is 2.97. The van der Waals surface area contributed by atoms with Crippen molar-refractivity contribution in [2.24, 2.45) is 0 Å². The van der Waals surface area contributed by atoms with E-state index in [9.17, 15) is 0 Å². The van der Waals surface area contributed by atoms with Crippen LogP contribution in [0.25, 0.3) is 0 Å². The van der Waals surface area contributed by atoms with Gasteiger partial charge in [0.15, 0.2) is 0 Å². The lowest BCUT2D eigenvalue weighted by Crippen LogP contribution is -2.33. The van der Waals surface area contributed by atoms with E-state index in [0.29, 0.717) is 0 Å². The molecule has 1 aromatic carbocycles. The Kier molecular flexibility index (Phi) is 5.74. The van der Waals surface area contributed by atoms with Crippen LogP contribution >= 0.6 is 0 Å². The quantitative estimate of drug-likeness (QED) is 0.757. The summed E-state index contributed by atoms with van der Waals surface area (Å²) in [5.41, 5.74) is 7.70. The number of nitrogens with two attached hydrogens (primary N) is 1. The van der Waals surface area contributed by atoms with Crippen molar-refractivity contribution < 1.29 is 4.74 Å². The lowest BCUT2D eigenvalue weighted by molar-refractivity contribution is 0.242. The van der Waals surface area contributed by atoms with Gasteiger partial charge in [-0.2, -0.15) is 0 Å². The number of nitrogens with zero attached hydrogens (tertiary/aromatic N) is 1. The van der Waals surface area contributed by atoms with E-state index >= 15 is 0 Å². The molecule has 4 heteroatoms. The predicted molar refractivity (Wildman–Crippen MR) is 90.0 cm³/mol. The second-order valence-corrected chi connectivity index (χ2v) is 6.30. The Balaban J connectivity index is 1.83. The first-order chi connectivity index (χ1) is 10.0. The molecule has 21 heavy (non-hydrogen) atoms. The normalized spacial score (nSPS) is 15.9. The van der Waals surface area contributed by atoms with Gasteiger partial charge >= 0.3 is 0 Å². The average molecular weight is 291 g/mol. The molecule has 1 saturated carbocycles. The summed E-state index contributed by atoms with van der Waals surface area (Å²) in [6, 6.07) is 6.62. The van der Waals surface area contributed by atoms with Crippen molar-refractivity contribution in [3.63, 3.8) is 0 Å². The van der Waals surface area contributed by atoms with Crippen LogP contribution in [0.1, 0.15) is 39.5 Å². The number of ether oxygens (including phenoxy) is 1. The highest BCUT2D eigenvalue weighted by Gasteiger charge is 2.18. The Hall–Kier alpha value is -1.42. The van der Waals surface area contributed by atoms with E-state index in [2.05, 4.69) is 17.3 Å². The van der Waals surface area contributed by atoms with E-state index in [1.165, 1.54) is 25.7 Å². The number of likely N-dealkylation sites (N-methyl/N-ethyl adjacent to an activating group) is 1. The van der Waals surface area contributed by atoms with Crippen LogP contribution in [0.15, 0.2) is 18.2 Å². The lowest BCUT2D eigenvalue weighted by atomic mass is 10.2. The fraction of sp³-hybridized carbons (Fsp3) is 0.647. The monoisotopic (exact) mass is 291 g/mol. The molecule has 0 amide bonds. The van der Waals surface area contributed by atoms with E-state index in [-0.39, 0.29) is 6.10 Å². The van der Waals surface area contributed by atoms with Crippen LogP contribution in [0, 0.1) is 0 Å². The molecule has 0 unspecified atom stereocenters. The second kappa shape index (κ2) is 7.55. The zero-order valence-corrected chi connectivity index (χ0v) is 13.6. The van der Waals surface area contributed by atoms with Gasteiger partial charge in [-0.15, -0.1) is 0 Å². The molecular weight excluding hydrogens is 262 g/mol. The molecule has 0 atom stereocenters. The first-order valence-corrected chi connectivity index (χ1v) is 8.06. The van der Waals surface area contributed by atoms with Gasteiger partial charge in [0.25, 0.3) is 0 Å². The molecule has 0 bridgehead atoms. The summed E-state index contributed by atoms with van der Waals surface area (Å²) in [4.78, 5) is 2.47. The standard InChI is InChI=1S/C17H29N3O/c1-13(2)21-17-11-14(18)10-15(12-17)19-8-9-20(3)16-6-4-5-7-16/h10-13,16,19H,4-9,18H2,1-3H3. The Bertz CT molecular complexity index is 442. The van der Waals surface area contributed by atoms with Crippen molar-refractivity contribution in [1.82, 2.24) is 4.90 Å². The number of nitrogen functional groups attached to an aromatic ring is 1. The van der Waals surface area contributed by atoms with Gasteiger partial charge in [-0.25, -0.2) is 0 Å². The van der Waals surface area contributed by atoms with Crippen molar-refractivity contribution in [2.75, 3.05) is 31.2 Å². The first-order valence-electron chi connectivity index (χ1n) is 8.06. The molecule has 1 aromatic rings. The smallest absolute Gasteiger partial charge is 0.123 e. The SMILES string of the molecule is CC(C)Oc1cc(N)cc(NCCN(C)C2CCCC2)c1. The van der Waals surface area contributed by atoms with Gasteiger partial charge in [-0.3, -0.25) is 0 Å². The van der Waals surface area contributed by atoms with Crippen molar-refractivity contribution in [3.8, 4) is 5.75 Å². The van der Waals surface area contributed by atoms with Gasteiger partial charge in [0.2, 0.25) is 0 Å². The molecule has 0 spiro atoms. The lowest BCUT2D eigenvalue weighted by Gasteiger charge is -2.24. The highest BCUT2D eigenvalue weighted by atomic mass is 16.5. The van der Waals surface area contributed by atoms with Gasteiger partial charge in [0.05, 0.1) is 6.10 Å². The van der Waals surface area contributed by atoms with Crippen molar-refractivity contribution >= 4 is 11.4 Å². The minimum Gasteiger partial charge on any atom is -0.491 e. The topological polar surface area (TPSA) is 50.5 Å². The minimum atomic E-state index is 0.160. The maximum Gasteiger partial charge on any atom is 0.123 e. The van der Waals surface area contributed by atoms with Gasteiger partial charge in [0, 0.05) is 42.6 Å². The maximum atomic E-state index is 5.94. The van der Waals surface area contributed by atoms with Crippen LogP contribution < -0.4 is 15.8 Å². The Morgan fingerprint density at radius 3 is 2.67 bits per heavy atom. The van der Waals surface area contributed by atoms with Crippen LogP contribution in [0.4, 0.5) is 11.4 Å². The third kappa shape index (κ3) is 5.12. The average Bonchev–Trinajstić information content (AvgIpc) is 2.90. The zero-order chi connectivity index (χ0) is 15.2. The minimum absolute atomic E-state index is 0.160. The molecule has 0 saturated heterocycles. The van der Waals surface area contributed by atoms with Crippen LogP contribution in [-0.4, -0.2) is 37.2 Å². The summed E-state index contributed by atoms with van der Waals surface area (Å²) in [6.45, 7) is 6.02. The van der Waals surface area contributed by atoms with E-state index in [1.54, 1.807) is 0 Å². The Labute approximate surface area is 128 Å². The number of nitrogens with one attached hydrogen (secondary N) is 1. The van der Waals surface area contributed by atoms with Gasteiger partial charge < -0.3 is 20.7 Å². The van der Waals surface area contributed by atoms with Crippen molar-refractivity contribution in [3.05, 3.63) is 18.2 Å². The highest BCUT2D eigenvalue weighted by Crippen LogP contribution is 2.24. The molecule has 1 aliphatic carbocycles. The molecule has 0 radical (unpaired) electrons. The molecule has 4 nitrogen and oxygen atoms in total. The third-order valence-electron chi connectivity index (χ3n) is 4.04. The Morgan fingerprint density at radius 1 is 1.29 bits per heavy atom. The molecule has 0 aliphatic heterocycles. The van der Waals surface area contributed by atoms with E-state index in [1.807, 2.05) is 32.0 Å². The summed E-state index contributed by atoms with van der Waals surface area (Å²) in [6.07, 6.45) is 5.62. The number of hydrogen-bond donors (Lipinski definition) is 2. The van der Waals surface area contributed by atoms with Crippen molar-refractivity contribution in [2.45, 2.75) is 51.7 Å². The number of benzene rings is 1. The summed E-state index contributed by atoms with van der Waals surface area (Å²) >= 11 is 0. The van der Waals surface area contributed by atoms with Gasteiger partial charge in [-0.1, -0.05) is 12.8 Å². The Morgan fingerprint density at radius 2 is 2.00 bits per heavy atom. The van der Waals surface area contributed by atoms with E-state index < -0.39 is 0 Å². The van der Waals surface area contributed by atoms with Crippen LogP contribution in [0.3, 0.4) is 0 Å². The molecule has 0 aromatic heterocycles. The highest BCUT2D eigenvalue weighted by molar-refractivity contribution is 5.59. The number of anilines is 2. The summed E-state index contributed by atoms with van der Waals surface area (Å²) in [5, 5.41) is 3.45. The third-order valence-corrected chi connectivity index (χ3v) is 4.04. The van der Waals surface area contributed by atoms with Crippen molar-refractivity contribution in [1.29, 1.82) is 0 Å². The van der Waals surface area contributed by atoms with E-state index in [4.69, 9.17) is 10.5 Å². The summed E-state index contributed by atoms with van der Waals surface area (Å²) in [7, 11) is 2.23. The number of rotatable bonds is 7. The van der Waals surface area contributed by atoms with Gasteiger partial charge in [0.1, 0.15) is 5.75 Å². The number of hydrogen-bond acceptors (Lipinski definition) is 4. The first kappa shape index (κ1) is 16.0. The molecule has 1 fully saturated rings.